The molecule has 0 aliphatic carbocycles. The predicted molar refractivity (Wildman–Crippen MR) is 134 cm³/mol. The highest BCUT2D eigenvalue weighted by molar-refractivity contribution is 5.98. The zero-order valence-electron chi connectivity index (χ0n) is 21.2. The predicted octanol–water partition coefficient (Wildman–Crippen LogP) is -1.18. The van der Waals surface area contributed by atoms with Crippen molar-refractivity contribution in [3.63, 3.8) is 0 Å². The number of ether oxygens (including phenoxy) is 2. The summed E-state index contributed by atoms with van der Waals surface area (Å²) in [4.78, 5) is 61.2. The number of amides is 4. The Bertz CT molecular complexity index is 1240. The number of carbonyl (C=O) groups excluding carboxylic acids is 4. The fourth-order valence-corrected chi connectivity index (χ4v) is 4.92. The Labute approximate surface area is 224 Å². The lowest BCUT2D eigenvalue weighted by Crippen LogP contribution is -2.68. The average Bonchev–Trinajstić information content (AvgIpc) is 2.85. The fourth-order valence-electron chi connectivity index (χ4n) is 4.92. The van der Waals surface area contributed by atoms with Gasteiger partial charge in [-0.25, -0.2) is 4.98 Å². The molecule has 3 fully saturated rings. The molecule has 0 bridgehead atoms. The number of carbonyl (C=O) groups is 4. The van der Waals surface area contributed by atoms with E-state index in [2.05, 4.69) is 31.2 Å². The number of hydrogen-bond acceptors (Lipinski definition) is 9. The van der Waals surface area contributed by atoms with Gasteiger partial charge in [-0.05, 0) is 43.5 Å². The normalized spacial score (nSPS) is 31.0. The summed E-state index contributed by atoms with van der Waals surface area (Å²) in [6.07, 6.45) is 4.33. The van der Waals surface area contributed by atoms with Gasteiger partial charge in [-0.3, -0.25) is 24.2 Å². The Kier molecular flexibility index (Phi) is 7.70. The van der Waals surface area contributed by atoms with Crippen LogP contribution in [0.25, 0.3) is 0 Å². The molecule has 2 unspecified atom stereocenters. The summed E-state index contributed by atoms with van der Waals surface area (Å²) < 4.78 is 11.3. The molecule has 4 amide bonds. The Morgan fingerprint density at radius 1 is 1.08 bits per heavy atom. The zero-order valence-corrected chi connectivity index (χ0v) is 21.2. The van der Waals surface area contributed by atoms with Gasteiger partial charge in [0, 0.05) is 25.2 Å². The molecular weight excluding hydrogens is 508 g/mol. The molecule has 7 atom stereocenters. The van der Waals surface area contributed by atoms with Crippen LogP contribution in [0.5, 0.6) is 5.75 Å². The number of nitrogens with one attached hydrogen (secondary N) is 4. The van der Waals surface area contributed by atoms with Gasteiger partial charge in [0.1, 0.15) is 17.8 Å². The molecule has 5 rings (SSSR count). The van der Waals surface area contributed by atoms with Crippen molar-refractivity contribution in [2.45, 2.75) is 56.1 Å². The third kappa shape index (κ3) is 5.68. The quantitative estimate of drug-likeness (QED) is 0.313. The summed E-state index contributed by atoms with van der Waals surface area (Å²) in [6, 6.07) is 2.59. The molecule has 13 heteroatoms. The number of fused-ring (bicyclic) bond motifs is 1. The van der Waals surface area contributed by atoms with Crippen LogP contribution in [0.2, 0.25) is 0 Å². The molecule has 5 heterocycles. The van der Waals surface area contributed by atoms with Crippen LogP contribution < -0.4 is 21.3 Å². The number of pyridine rings is 2. The SMILES string of the molecule is C[C@H]1NC(=O)C(C2CCO2)NC(=O)[C@@H]2CO[C@@H]2[C@H](Cc2cccnc2)NC(=O)[C@H]1NC(=O)c1ncccc1O. The highest BCUT2D eigenvalue weighted by atomic mass is 16.5. The first-order valence-corrected chi connectivity index (χ1v) is 12.8. The van der Waals surface area contributed by atoms with Gasteiger partial charge >= 0.3 is 0 Å². The third-order valence-electron chi connectivity index (χ3n) is 7.23. The second kappa shape index (κ2) is 11.3. The number of nitrogens with zero attached hydrogens (tertiary/aromatic N) is 2. The van der Waals surface area contributed by atoms with E-state index in [1.54, 1.807) is 25.4 Å². The van der Waals surface area contributed by atoms with E-state index in [-0.39, 0.29) is 24.0 Å². The summed E-state index contributed by atoms with van der Waals surface area (Å²) in [6.45, 7) is 2.16. The van der Waals surface area contributed by atoms with E-state index in [1.807, 2.05) is 6.07 Å². The summed E-state index contributed by atoms with van der Waals surface area (Å²) in [5, 5.41) is 21.2. The largest absolute Gasteiger partial charge is 0.505 e. The van der Waals surface area contributed by atoms with Gasteiger partial charge in [0.05, 0.1) is 36.8 Å². The molecule has 39 heavy (non-hydrogen) atoms. The average molecular weight is 539 g/mol. The lowest BCUT2D eigenvalue weighted by molar-refractivity contribution is -0.168. The Hall–Kier alpha value is -4.10. The smallest absolute Gasteiger partial charge is 0.274 e. The van der Waals surface area contributed by atoms with Gasteiger partial charge in [0.15, 0.2) is 5.69 Å². The van der Waals surface area contributed by atoms with Crippen LogP contribution in [0, 0.1) is 5.92 Å². The minimum atomic E-state index is -1.25. The van der Waals surface area contributed by atoms with Gasteiger partial charge in [0.25, 0.3) is 5.91 Å². The molecule has 206 valence electrons. The second-order valence-corrected chi connectivity index (χ2v) is 9.89. The first kappa shape index (κ1) is 26.5. The molecule has 5 N–H and O–H groups in total. The molecule has 3 saturated heterocycles. The first-order chi connectivity index (χ1) is 18.8. The van der Waals surface area contributed by atoms with Crippen LogP contribution in [0.15, 0.2) is 42.9 Å². The zero-order chi connectivity index (χ0) is 27.5. The van der Waals surface area contributed by atoms with Crippen molar-refractivity contribution < 1.29 is 33.8 Å². The van der Waals surface area contributed by atoms with Crippen LogP contribution in [0.1, 0.15) is 29.4 Å². The third-order valence-corrected chi connectivity index (χ3v) is 7.23. The van der Waals surface area contributed by atoms with E-state index in [1.165, 1.54) is 18.3 Å². The summed E-state index contributed by atoms with van der Waals surface area (Å²) in [7, 11) is 0. The van der Waals surface area contributed by atoms with Crippen LogP contribution in [0.3, 0.4) is 0 Å². The highest BCUT2D eigenvalue weighted by Crippen LogP contribution is 2.27. The van der Waals surface area contributed by atoms with E-state index in [9.17, 15) is 24.3 Å². The fraction of sp³-hybridized carbons (Fsp3) is 0.462. The van der Waals surface area contributed by atoms with Crippen LogP contribution in [-0.4, -0.2) is 88.3 Å². The Morgan fingerprint density at radius 2 is 1.87 bits per heavy atom. The van der Waals surface area contributed by atoms with Crippen molar-refractivity contribution in [3.05, 3.63) is 54.1 Å². The van der Waals surface area contributed by atoms with E-state index in [0.717, 1.165) is 5.56 Å². The molecule has 0 radical (unpaired) electrons. The molecule has 0 spiro atoms. The van der Waals surface area contributed by atoms with E-state index >= 15 is 0 Å². The number of hydrogen-bond donors (Lipinski definition) is 5. The highest BCUT2D eigenvalue weighted by Gasteiger charge is 2.47. The maximum atomic E-state index is 13.7. The topological polar surface area (TPSA) is 181 Å². The number of aromatic nitrogens is 2. The summed E-state index contributed by atoms with van der Waals surface area (Å²) in [5.41, 5.74) is 0.544. The molecule has 3 aliphatic heterocycles. The lowest BCUT2D eigenvalue weighted by atomic mass is 9.86. The Balaban J connectivity index is 1.46. The lowest BCUT2D eigenvalue weighted by Gasteiger charge is -2.43. The number of aromatic hydroxyl groups is 1. The van der Waals surface area contributed by atoms with Gasteiger partial charge < -0.3 is 35.8 Å². The van der Waals surface area contributed by atoms with Crippen LogP contribution in [-0.2, 0) is 30.3 Å². The minimum Gasteiger partial charge on any atom is -0.505 e. The standard InChI is InChI=1S/C26H30N6O7/c1-13-19(31-25(36)20-17(33)5-3-8-28-20)24(35)30-16(10-14-4-2-7-27-11-14)22-15(12-39-22)23(34)32-21(26(37)29-13)18-6-9-38-18/h2-5,7-8,11,13,15-16,18-19,21-22,33H,6,9-10,12H2,1H3,(H,29,37)(H,30,35)(H,31,36)(H,32,34)/t13-,15-,16+,18?,19+,21?,22+/m1/s1. The van der Waals surface area contributed by atoms with Crippen molar-refractivity contribution in [3.8, 4) is 5.75 Å². The number of rotatable bonds is 5. The van der Waals surface area contributed by atoms with Gasteiger partial charge in [-0.2, -0.15) is 0 Å². The van der Waals surface area contributed by atoms with Gasteiger partial charge in [-0.15, -0.1) is 0 Å². The van der Waals surface area contributed by atoms with Crippen LogP contribution >= 0.6 is 0 Å². The Morgan fingerprint density at radius 3 is 2.51 bits per heavy atom. The maximum absolute atomic E-state index is 13.7. The summed E-state index contributed by atoms with van der Waals surface area (Å²) >= 11 is 0. The second-order valence-electron chi connectivity index (χ2n) is 9.89. The molecular formula is C26H30N6O7. The molecule has 2 aromatic heterocycles. The molecule has 3 aliphatic rings. The van der Waals surface area contributed by atoms with Crippen LogP contribution in [0.4, 0.5) is 0 Å². The maximum Gasteiger partial charge on any atom is 0.274 e. The molecule has 2 aromatic rings. The monoisotopic (exact) mass is 538 g/mol. The molecule has 13 nitrogen and oxygen atoms in total. The molecule has 0 saturated carbocycles. The van der Waals surface area contributed by atoms with Gasteiger partial charge in [0.2, 0.25) is 17.7 Å². The first-order valence-electron chi connectivity index (χ1n) is 12.8. The van der Waals surface area contributed by atoms with Crippen molar-refractivity contribution >= 4 is 23.6 Å². The minimum absolute atomic E-state index is 0.130. The van der Waals surface area contributed by atoms with Crippen molar-refractivity contribution in [1.29, 1.82) is 0 Å². The summed E-state index contributed by atoms with van der Waals surface area (Å²) in [5.74, 6) is -3.28. The van der Waals surface area contributed by atoms with Crippen molar-refractivity contribution in [2.24, 2.45) is 5.92 Å². The van der Waals surface area contributed by atoms with Crippen molar-refractivity contribution in [2.75, 3.05) is 13.2 Å². The van der Waals surface area contributed by atoms with E-state index < -0.39 is 60.0 Å². The van der Waals surface area contributed by atoms with Gasteiger partial charge in [-0.1, -0.05) is 6.07 Å². The van der Waals surface area contributed by atoms with Crippen molar-refractivity contribution in [1.82, 2.24) is 31.2 Å². The molecule has 0 aromatic carbocycles. The van der Waals surface area contributed by atoms with E-state index in [0.29, 0.717) is 19.4 Å². The van der Waals surface area contributed by atoms with E-state index in [4.69, 9.17) is 9.47 Å².